The molecule has 0 saturated heterocycles. The fraction of sp³-hybridized carbons (Fsp3) is 0.643. The van der Waals surface area contributed by atoms with E-state index in [1.54, 1.807) is 6.08 Å². The van der Waals surface area contributed by atoms with E-state index in [4.69, 9.17) is 10.2 Å². The highest BCUT2D eigenvalue weighted by Crippen LogP contribution is 2.35. The summed E-state index contributed by atoms with van der Waals surface area (Å²) in [6.07, 6.45) is 5.39. The molecule has 0 heterocycles. The number of aliphatic carboxylic acids is 1. The van der Waals surface area contributed by atoms with Crippen LogP contribution < -0.4 is 0 Å². The molecule has 4 heteroatoms. The van der Waals surface area contributed by atoms with E-state index in [-0.39, 0.29) is 18.1 Å². The maximum absolute atomic E-state index is 10.9. The van der Waals surface area contributed by atoms with Crippen molar-refractivity contribution in [2.24, 2.45) is 17.8 Å². The summed E-state index contributed by atoms with van der Waals surface area (Å²) in [5, 5.41) is 27.2. The van der Waals surface area contributed by atoms with Crippen LogP contribution in [0.1, 0.15) is 26.7 Å². The molecule has 0 radical (unpaired) electrons. The molecule has 1 rings (SSSR count). The molecule has 1 aliphatic carbocycles. The van der Waals surface area contributed by atoms with E-state index in [1.807, 2.05) is 6.08 Å². The highest BCUT2D eigenvalue weighted by molar-refractivity contribution is 5.86. The van der Waals surface area contributed by atoms with Crippen LogP contribution in [-0.2, 0) is 4.79 Å². The second kappa shape index (κ2) is 6.71. The van der Waals surface area contributed by atoms with Crippen LogP contribution in [0.25, 0.3) is 0 Å². The predicted molar refractivity (Wildman–Crippen MR) is 69.0 cm³/mol. The molecule has 1 aliphatic rings. The van der Waals surface area contributed by atoms with Gasteiger partial charge in [0.1, 0.15) is 0 Å². The van der Waals surface area contributed by atoms with E-state index in [0.717, 1.165) is 18.4 Å². The predicted octanol–water partition coefficient (Wildman–Crippen LogP) is 1.59. The van der Waals surface area contributed by atoms with Gasteiger partial charge < -0.3 is 15.3 Å². The first-order chi connectivity index (χ1) is 8.49. The molecular weight excluding hydrogens is 232 g/mol. The van der Waals surface area contributed by atoms with Crippen LogP contribution in [0, 0.1) is 17.8 Å². The van der Waals surface area contributed by atoms with E-state index in [0.29, 0.717) is 11.8 Å². The van der Waals surface area contributed by atoms with Crippen LogP contribution in [0.2, 0.25) is 0 Å². The lowest BCUT2D eigenvalue weighted by molar-refractivity contribution is -0.133. The number of carboxylic acids is 1. The van der Waals surface area contributed by atoms with Crippen LogP contribution >= 0.6 is 0 Å². The standard InChI is InChI=1S/C14H22O4/c1-9(2)13-4-3-10(7-15)5-11(13)6-12(8-16)14(17)18/h5-6,9,11,13,15-16H,3-4,7-8H2,1-2H3,(H,17,18)/b12-6+/t11-,13-/m0/s1. The van der Waals surface area contributed by atoms with Gasteiger partial charge in [-0.15, -0.1) is 0 Å². The number of carboxylic acid groups (broad SMARTS) is 1. The minimum Gasteiger partial charge on any atom is -0.478 e. The molecule has 3 N–H and O–H groups in total. The van der Waals surface area contributed by atoms with E-state index >= 15 is 0 Å². The van der Waals surface area contributed by atoms with Gasteiger partial charge in [-0.25, -0.2) is 4.79 Å². The maximum Gasteiger partial charge on any atom is 0.333 e. The Kier molecular flexibility index (Phi) is 5.56. The van der Waals surface area contributed by atoms with Crippen molar-refractivity contribution in [1.82, 2.24) is 0 Å². The molecular formula is C14H22O4. The molecule has 0 fully saturated rings. The zero-order chi connectivity index (χ0) is 13.7. The summed E-state index contributed by atoms with van der Waals surface area (Å²) in [6, 6.07) is 0. The second-order valence-electron chi connectivity index (χ2n) is 5.16. The van der Waals surface area contributed by atoms with E-state index in [1.165, 1.54) is 0 Å². The number of hydrogen-bond acceptors (Lipinski definition) is 3. The number of carbonyl (C=O) groups is 1. The normalized spacial score (nSPS) is 25.2. The summed E-state index contributed by atoms with van der Waals surface area (Å²) in [7, 11) is 0. The molecule has 0 aromatic heterocycles. The van der Waals surface area contributed by atoms with Gasteiger partial charge in [0, 0.05) is 0 Å². The Morgan fingerprint density at radius 1 is 1.50 bits per heavy atom. The van der Waals surface area contributed by atoms with E-state index in [9.17, 15) is 9.90 Å². The molecule has 0 amide bonds. The van der Waals surface area contributed by atoms with Gasteiger partial charge in [-0.1, -0.05) is 26.0 Å². The Morgan fingerprint density at radius 2 is 2.17 bits per heavy atom. The maximum atomic E-state index is 10.9. The Labute approximate surface area is 108 Å². The SMILES string of the molecule is CC(C)[C@@H]1CCC(CO)=C[C@H]1/C=C(\CO)C(=O)O. The van der Waals surface area contributed by atoms with Gasteiger partial charge in [0.15, 0.2) is 0 Å². The van der Waals surface area contributed by atoms with Crippen LogP contribution in [0.5, 0.6) is 0 Å². The summed E-state index contributed by atoms with van der Waals surface area (Å²) in [4.78, 5) is 10.9. The van der Waals surface area contributed by atoms with Crippen molar-refractivity contribution < 1.29 is 20.1 Å². The van der Waals surface area contributed by atoms with Gasteiger partial charge in [-0.05, 0) is 36.2 Å². The van der Waals surface area contributed by atoms with Gasteiger partial charge in [-0.2, -0.15) is 0 Å². The molecule has 0 aromatic rings. The van der Waals surface area contributed by atoms with Crippen molar-refractivity contribution in [3.8, 4) is 0 Å². The number of aliphatic hydroxyl groups excluding tert-OH is 2. The molecule has 0 aromatic carbocycles. The minimum atomic E-state index is -1.08. The molecule has 0 bridgehead atoms. The lowest BCUT2D eigenvalue weighted by Crippen LogP contribution is -2.23. The van der Waals surface area contributed by atoms with Crippen LogP contribution in [-0.4, -0.2) is 34.5 Å². The van der Waals surface area contributed by atoms with Crippen LogP contribution in [0.3, 0.4) is 0 Å². The second-order valence-corrected chi connectivity index (χ2v) is 5.16. The lowest BCUT2D eigenvalue weighted by Gasteiger charge is -2.31. The Hall–Kier alpha value is -1.13. The fourth-order valence-corrected chi connectivity index (χ4v) is 2.53. The van der Waals surface area contributed by atoms with Gasteiger partial charge >= 0.3 is 5.97 Å². The molecule has 2 atom stereocenters. The van der Waals surface area contributed by atoms with Crippen molar-refractivity contribution in [2.45, 2.75) is 26.7 Å². The van der Waals surface area contributed by atoms with Gasteiger partial charge in [0.25, 0.3) is 0 Å². The third-order valence-electron chi connectivity index (χ3n) is 3.62. The first-order valence-electron chi connectivity index (χ1n) is 6.34. The monoisotopic (exact) mass is 254 g/mol. The Balaban J connectivity index is 3.01. The first kappa shape index (κ1) is 14.9. The number of rotatable bonds is 5. The molecule has 0 unspecified atom stereocenters. The van der Waals surface area contributed by atoms with E-state index in [2.05, 4.69) is 13.8 Å². The van der Waals surface area contributed by atoms with Gasteiger partial charge in [-0.3, -0.25) is 0 Å². The molecule has 0 saturated carbocycles. The van der Waals surface area contributed by atoms with Crippen molar-refractivity contribution in [1.29, 1.82) is 0 Å². The summed E-state index contributed by atoms with van der Waals surface area (Å²) >= 11 is 0. The van der Waals surface area contributed by atoms with Crippen molar-refractivity contribution in [2.75, 3.05) is 13.2 Å². The topological polar surface area (TPSA) is 77.8 Å². The zero-order valence-corrected chi connectivity index (χ0v) is 11.0. The largest absolute Gasteiger partial charge is 0.478 e. The summed E-state index contributed by atoms with van der Waals surface area (Å²) in [5.74, 6) is -0.290. The summed E-state index contributed by atoms with van der Waals surface area (Å²) < 4.78 is 0. The highest BCUT2D eigenvalue weighted by Gasteiger charge is 2.26. The van der Waals surface area contributed by atoms with E-state index < -0.39 is 12.6 Å². The third kappa shape index (κ3) is 3.68. The number of hydrogen-bond donors (Lipinski definition) is 3. The molecule has 0 spiro atoms. The zero-order valence-electron chi connectivity index (χ0n) is 11.0. The molecule has 4 nitrogen and oxygen atoms in total. The Morgan fingerprint density at radius 3 is 2.61 bits per heavy atom. The average Bonchev–Trinajstić information content (AvgIpc) is 2.34. The summed E-state index contributed by atoms with van der Waals surface area (Å²) in [5.41, 5.74) is 0.983. The molecule has 102 valence electrons. The van der Waals surface area contributed by atoms with Gasteiger partial charge in [0.05, 0.1) is 18.8 Å². The van der Waals surface area contributed by atoms with Crippen molar-refractivity contribution >= 4 is 5.97 Å². The minimum absolute atomic E-state index is 0.0147. The van der Waals surface area contributed by atoms with Crippen molar-refractivity contribution in [3.63, 3.8) is 0 Å². The molecule has 18 heavy (non-hydrogen) atoms. The third-order valence-corrected chi connectivity index (χ3v) is 3.62. The van der Waals surface area contributed by atoms with Crippen LogP contribution in [0.15, 0.2) is 23.3 Å². The fourth-order valence-electron chi connectivity index (χ4n) is 2.53. The quantitative estimate of drug-likeness (QED) is 0.514. The molecule has 0 aliphatic heterocycles. The van der Waals surface area contributed by atoms with Crippen LogP contribution in [0.4, 0.5) is 0 Å². The smallest absolute Gasteiger partial charge is 0.333 e. The van der Waals surface area contributed by atoms with Gasteiger partial charge in [0.2, 0.25) is 0 Å². The Bertz CT molecular complexity index is 355. The first-order valence-corrected chi connectivity index (χ1v) is 6.34. The average molecular weight is 254 g/mol. The number of aliphatic hydroxyl groups is 2. The van der Waals surface area contributed by atoms with Crippen molar-refractivity contribution in [3.05, 3.63) is 23.3 Å². The lowest BCUT2D eigenvalue weighted by atomic mass is 9.74. The number of allylic oxidation sites excluding steroid dienone is 2. The highest BCUT2D eigenvalue weighted by atomic mass is 16.4. The summed E-state index contributed by atoms with van der Waals surface area (Å²) in [6.45, 7) is 3.79.